The number of nitrogens with one attached hydrogen (secondary N) is 3. The van der Waals surface area contributed by atoms with Crippen LogP contribution in [0.25, 0.3) is 0 Å². The van der Waals surface area contributed by atoms with E-state index in [4.69, 9.17) is 21.1 Å². The maximum absolute atomic E-state index is 13.8. The number of sulfonamides is 2. The van der Waals surface area contributed by atoms with Gasteiger partial charge in [-0.2, -0.15) is 0 Å². The van der Waals surface area contributed by atoms with Crippen molar-refractivity contribution in [3.8, 4) is 11.5 Å². The van der Waals surface area contributed by atoms with Crippen molar-refractivity contribution in [2.24, 2.45) is 5.41 Å². The number of amides is 1. The lowest BCUT2D eigenvalue weighted by Crippen LogP contribution is -2.54. The number of ether oxygens (including phenoxy) is 2. The van der Waals surface area contributed by atoms with Gasteiger partial charge in [0.1, 0.15) is 16.4 Å². The molecule has 0 aromatic heterocycles. The van der Waals surface area contributed by atoms with Gasteiger partial charge < -0.3 is 14.8 Å². The van der Waals surface area contributed by atoms with Crippen LogP contribution in [0, 0.1) is 5.41 Å². The predicted molar refractivity (Wildman–Crippen MR) is 236 cm³/mol. The fourth-order valence-electron chi connectivity index (χ4n) is 6.24. The van der Waals surface area contributed by atoms with E-state index < -0.39 is 42.2 Å². The third kappa shape index (κ3) is 14.6. The van der Waals surface area contributed by atoms with Gasteiger partial charge in [0.05, 0.1) is 17.2 Å². The van der Waals surface area contributed by atoms with Crippen molar-refractivity contribution in [1.29, 1.82) is 0 Å². The van der Waals surface area contributed by atoms with E-state index in [0.717, 1.165) is 19.3 Å². The summed E-state index contributed by atoms with van der Waals surface area (Å²) in [6.45, 7) is 7.38. The van der Waals surface area contributed by atoms with Crippen molar-refractivity contribution in [1.82, 2.24) is 0 Å². The zero-order valence-corrected chi connectivity index (χ0v) is 36.9. The molecule has 4 aromatic rings. The third-order valence-corrected chi connectivity index (χ3v) is 12.7. The van der Waals surface area contributed by atoms with E-state index in [1.54, 1.807) is 57.2 Å². The van der Waals surface area contributed by atoms with Crippen LogP contribution in [0.5, 0.6) is 11.5 Å². The minimum Gasteiger partial charge on any atom is -0.492 e. The molecule has 0 bridgehead atoms. The Balaban J connectivity index is 1.36. The maximum Gasteiger partial charge on any atom is 0.320 e. The van der Waals surface area contributed by atoms with Crippen molar-refractivity contribution in [3.63, 3.8) is 0 Å². The highest BCUT2D eigenvalue weighted by molar-refractivity contribution is 7.93. The number of unbranched alkanes of at least 4 members (excludes halogenated alkanes) is 11. The van der Waals surface area contributed by atoms with E-state index in [9.17, 15) is 26.4 Å². The van der Waals surface area contributed by atoms with Gasteiger partial charge in [-0.15, -0.1) is 0 Å². The average Bonchev–Trinajstić information content (AvgIpc) is 3.20. The van der Waals surface area contributed by atoms with Crippen LogP contribution in [-0.4, -0.2) is 40.2 Å². The van der Waals surface area contributed by atoms with E-state index in [1.165, 1.54) is 125 Å². The maximum atomic E-state index is 13.8. The number of ketones is 1. The van der Waals surface area contributed by atoms with Gasteiger partial charge in [0, 0.05) is 16.8 Å². The second kappa shape index (κ2) is 22.1. The van der Waals surface area contributed by atoms with Crippen molar-refractivity contribution >= 4 is 60.4 Å². The van der Waals surface area contributed by atoms with Crippen LogP contribution < -0.4 is 24.2 Å². The number of para-hydroxylation sites is 1. The first-order chi connectivity index (χ1) is 28.0. The molecule has 0 spiro atoms. The summed E-state index contributed by atoms with van der Waals surface area (Å²) in [5.41, 5.74) is -0.650. The molecule has 0 aliphatic heterocycles. The summed E-state index contributed by atoms with van der Waals surface area (Å²) in [5.74, 6) is -1.52. The second-order valence-electron chi connectivity index (χ2n) is 15.5. The number of halogens is 1. The Morgan fingerprint density at radius 1 is 0.610 bits per heavy atom. The fourth-order valence-corrected chi connectivity index (χ4v) is 8.94. The molecule has 1 unspecified atom stereocenters. The number of carbonyl (C=O) groups excluding carboxylic acids is 2. The largest absolute Gasteiger partial charge is 0.492 e. The molecule has 0 fully saturated rings. The Kier molecular flexibility index (Phi) is 17.7. The van der Waals surface area contributed by atoms with Gasteiger partial charge >= 0.3 is 5.06 Å². The zero-order chi connectivity index (χ0) is 42.9. The second-order valence-corrected chi connectivity index (χ2v) is 19.4. The molecule has 1 amide bonds. The Hall–Kier alpha value is -4.59. The Labute approximate surface area is 355 Å². The molecule has 1 atom stereocenters. The molecule has 59 heavy (non-hydrogen) atoms. The monoisotopic (exact) mass is 867 g/mol. The lowest BCUT2D eigenvalue weighted by atomic mass is 9.86. The van der Waals surface area contributed by atoms with E-state index in [1.807, 2.05) is 0 Å². The standard InChI is InChI=1S/C45H58ClN3O8S2/c1-5-6-7-8-9-10-11-12-13-14-15-21-33-56-40-27-19-20-28-41(40)59(54,55)48-35-29-31-38(32-30-35)57-45(46,42(50)44(2,3)4)43(51)47-36-23-22-24-37(34-36)49-58(52,53)39-25-17-16-18-26-39/h16-20,22-32,34,48-49H,5-15,21,33H2,1-4H3,(H,47,51). The van der Waals surface area contributed by atoms with E-state index in [-0.39, 0.29) is 38.4 Å². The van der Waals surface area contributed by atoms with Crippen LogP contribution in [0.2, 0.25) is 0 Å². The smallest absolute Gasteiger partial charge is 0.320 e. The molecule has 11 nitrogen and oxygen atoms in total. The van der Waals surface area contributed by atoms with Gasteiger partial charge in [-0.25, -0.2) is 16.8 Å². The first-order valence-corrected chi connectivity index (χ1v) is 23.7. The molecule has 320 valence electrons. The van der Waals surface area contributed by atoms with Crippen molar-refractivity contribution in [2.45, 2.75) is 120 Å². The molecule has 0 aliphatic carbocycles. The number of alkyl halides is 1. The molecule has 0 aliphatic rings. The molecular formula is C45H58ClN3O8S2. The molecule has 4 aromatic carbocycles. The Bertz CT molecular complexity index is 2180. The van der Waals surface area contributed by atoms with Crippen LogP contribution in [0.4, 0.5) is 17.1 Å². The molecule has 4 rings (SSSR count). The highest BCUT2D eigenvalue weighted by Gasteiger charge is 2.51. The van der Waals surface area contributed by atoms with Gasteiger partial charge in [0.2, 0.25) is 5.78 Å². The van der Waals surface area contributed by atoms with Crippen LogP contribution in [0.1, 0.15) is 105 Å². The van der Waals surface area contributed by atoms with Crippen molar-refractivity contribution in [3.05, 3.63) is 103 Å². The van der Waals surface area contributed by atoms with Gasteiger partial charge in [0.15, 0.2) is 0 Å². The molecule has 0 saturated carbocycles. The van der Waals surface area contributed by atoms with Crippen LogP contribution in [0.3, 0.4) is 0 Å². The van der Waals surface area contributed by atoms with Crippen LogP contribution >= 0.6 is 11.6 Å². The molecule has 0 saturated heterocycles. The van der Waals surface area contributed by atoms with E-state index in [0.29, 0.717) is 6.61 Å². The van der Waals surface area contributed by atoms with Crippen molar-refractivity contribution < 1.29 is 35.9 Å². The van der Waals surface area contributed by atoms with E-state index >= 15 is 0 Å². The third-order valence-electron chi connectivity index (χ3n) is 9.45. The number of rotatable bonds is 25. The van der Waals surface area contributed by atoms with Crippen molar-refractivity contribution in [2.75, 3.05) is 21.4 Å². The molecule has 0 radical (unpaired) electrons. The first-order valence-electron chi connectivity index (χ1n) is 20.3. The fraction of sp³-hybridized carbons (Fsp3) is 0.422. The Morgan fingerprint density at radius 3 is 1.76 bits per heavy atom. The number of carbonyl (C=O) groups is 2. The molecule has 0 heterocycles. The average molecular weight is 869 g/mol. The van der Waals surface area contributed by atoms with Gasteiger partial charge in [-0.1, -0.05) is 146 Å². The summed E-state index contributed by atoms with van der Waals surface area (Å²) in [6.07, 6.45) is 14.6. The number of anilines is 3. The summed E-state index contributed by atoms with van der Waals surface area (Å²) >= 11 is 6.77. The lowest BCUT2D eigenvalue weighted by molar-refractivity contribution is -0.144. The predicted octanol–water partition coefficient (Wildman–Crippen LogP) is 10.9. The Morgan fingerprint density at radius 2 is 1.15 bits per heavy atom. The normalized spacial score (nSPS) is 12.9. The zero-order valence-electron chi connectivity index (χ0n) is 34.5. The van der Waals surface area contributed by atoms with E-state index in [2.05, 4.69) is 21.7 Å². The molecule has 3 N–H and O–H groups in total. The number of hydrogen-bond donors (Lipinski definition) is 3. The topological polar surface area (TPSA) is 157 Å². The SMILES string of the molecule is CCCCCCCCCCCCCCOc1ccccc1S(=O)(=O)Nc1ccc(OC(Cl)(C(=O)Nc2cccc(NS(=O)(=O)c3ccccc3)c2)C(=O)C(C)(C)C)cc1. The minimum absolute atomic E-state index is 0.00575. The quantitative estimate of drug-likeness (QED) is 0.0337. The van der Waals surface area contributed by atoms with Gasteiger partial charge in [0.25, 0.3) is 26.0 Å². The molecular weight excluding hydrogens is 810 g/mol. The molecule has 14 heteroatoms. The summed E-state index contributed by atoms with van der Waals surface area (Å²) in [4.78, 5) is 27.5. The summed E-state index contributed by atoms with van der Waals surface area (Å²) in [5, 5.41) is 0.00571. The number of Topliss-reactive ketones (excluding diaryl/α,β-unsaturated/α-hetero) is 1. The van der Waals surface area contributed by atoms with Crippen LogP contribution in [-0.2, 0) is 29.6 Å². The lowest BCUT2D eigenvalue weighted by Gasteiger charge is -2.31. The summed E-state index contributed by atoms with van der Waals surface area (Å²) in [6, 6.07) is 25.7. The highest BCUT2D eigenvalue weighted by atomic mass is 35.5. The highest BCUT2D eigenvalue weighted by Crippen LogP contribution is 2.34. The van der Waals surface area contributed by atoms with Gasteiger partial charge in [-0.3, -0.25) is 19.0 Å². The van der Waals surface area contributed by atoms with Gasteiger partial charge in [-0.05, 0) is 73.2 Å². The van der Waals surface area contributed by atoms with Crippen LogP contribution in [0.15, 0.2) is 113 Å². The number of hydrogen-bond acceptors (Lipinski definition) is 8. The first kappa shape index (κ1) is 47.1. The number of benzene rings is 4. The summed E-state index contributed by atoms with van der Waals surface area (Å²) < 4.78 is 69.7. The minimum atomic E-state index is -4.07. The summed E-state index contributed by atoms with van der Waals surface area (Å²) in [7, 11) is -8.00.